The molecule has 3 rings (SSSR count). The van der Waals surface area contributed by atoms with Crippen LogP contribution in [0.2, 0.25) is 0 Å². The lowest BCUT2D eigenvalue weighted by Crippen LogP contribution is -2.51. The van der Waals surface area contributed by atoms with Crippen LogP contribution in [0.1, 0.15) is 45.1 Å². The van der Waals surface area contributed by atoms with Gasteiger partial charge in [0.1, 0.15) is 13.2 Å². The van der Waals surface area contributed by atoms with E-state index in [4.69, 9.17) is 15.2 Å². The van der Waals surface area contributed by atoms with E-state index in [1.165, 1.54) is 0 Å². The highest BCUT2D eigenvalue weighted by atomic mass is 35.5. The molecule has 2 amide bonds. The van der Waals surface area contributed by atoms with Gasteiger partial charge in [-0.15, -0.1) is 12.4 Å². The molecule has 28 heavy (non-hydrogen) atoms. The molecular formula is C20H30ClN3O4. The molecule has 0 aromatic heterocycles. The first-order valence-electron chi connectivity index (χ1n) is 9.66. The molecule has 1 aromatic carbocycles. The van der Waals surface area contributed by atoms with Crippen molar-refractivity contribution in [3.63, 3.8) is 0 Å². The van der Waals surface area contributed by atoms with Gasteiger partial charge in [-0.3, -0.25) is 9.59 Å². The Morgan fingerprint density at radius 1 is 1.14 bits per heavy atom. The molecule has 1 aliphatic heterocycles. The van der Waals surface area contributed by atoms with E-state index in [-0.39, 0.29) is 36.7 Å². The van der Waals surface area contributed by atoms with Crippen LogP contribution < -0.4 is 25.8 Å². The Bertz CT molecular complexity index is 705. The SMILES string of the molecule is CC(C)[C@H](N)C(=O)NCC(=O)NC1(c2ccc3c(c2)OCCO3)CCCC1.Cl. The minimum atomic E-state index is -0.615. The highest BCUT2D eigenvalue weighted by molar-refractivity contribution is 5.87. The molecule has 0 spiro atoms. The van der Waals surface area contributed by atoms with Gasteiger partial charge in [-0.05, 0) is 36.5 Å². The van der Waals surface area contributed by atoms with Crippen LogP contribution in [0.15, 0.2) is 18.2 Å². The number of nitrogens with two attached hydrogens (primary N) is 1. The first-order valence-corrected chi connectivity index (χ1v) is 9.66. The Morgan fingerprint density at radius 3 is 2.43 bits per heavy atom. The molecule has 1 heterocycles. The van der Waals surface area contributed by atoms with Crippen molar-refractivity contribution < 1.29 is 19.1 Å². The van der Waals surface area contributed by atoms with Gasteiger partial charge < -0.3 is 25.8 Å². The first-order chi connectivity index (χ1) is 12.9. The van der Waals surface area contributed by atoms with Crippen LogP contribution in [0.3, 0.4) is 0 Å². The fraction of sp³-hybridized carbons (Fsp3) is 0.600. The zero-order valence-corrected chi connectivity index (χ0v) is 17.3. The van der Waals surface area contributed by atoms with Gasteiger partial charge in [0.2, 0.25) is 11.8 Å². The molecule has 0 bridgehead atoms. The molecule has 1 aliphatic carbocycles. The first kappa shape index (κ1) is 22.3. The summed E-state index contributed by atoms with van der Waals surface area (Å²) in [5.74, 6) is 0.956. The Kier molecular flexibility index (Phi) is 7.55. The summed E-state index contributed by atoms with van der Waals surface area (Å²) < 4.78 is 11.3. The number of halogens is 1. The predicted molar refractivity (Wildman–Crippen MR) is 109 cm³/mol. The van der Waals surface area contributed by atoms with Crippen LogP contribution in [0, 0.1) is 5.92 Å². The highest BCUT2D eigenvalue weighted by Crippen LogP contribution is 2.42. The van der Waals surface area contributed by atoms with E-state index >= 15 is 0 Å². The average molecular weight is 412 g/mol. The molecular weight excluding hydrogens is 382 g/mol. The maximum Gasteiger partial charge on any atom is 0.240 e. The smallest absolute Gasteiger partial charge is 0.240 e. The van der Waals surface area contributed by atoms with Crippen LogP contribution in [0.5, 0.6) is 11.5 Å². The van der Waals surface area contributed by atoms with Crippen LogP contribution in [0.25, 0.3) is 0 Å². The minimum Gasteiger partial charge on any atom is -0.486 e. The Morgan fingerprint density at radius 2 is 1.79 bits per heavy atom. The third-order valence-corrected chi connectivity index (χ3v) is 5.37. The molecule has 4 N–H and O–H groups in total. The van der Waals surface area contributed by atoms with Crippen molar-refractivity contribution in [1.82, 2.24) is 10.6 Å². The number of fused-ring (bicyclic) bond motifs is 1. The van der Waals surface area contributed by atoms with Crippen molar-refractivity contribution in [1.29, 1.82) is 0 Å². The van der Waals surface area contributed by atoms with Crippen molar-refractivity contribution in [3.05, 3.63) is 23.8 Å². The lowest BCUT2D eigenvalue weighted by molar-refractivity contribution is -0.128. The second-order valence-corrected chi connectivity index (χ2v) is 7.68. The molecule has 156 valence electrons. The van der Waals surface area contributed by atoms with Gasteiger partial charge in [-0.1, -0.05) is 32.8 Å². The fourth-order valence-corrected chi connectivity index (χ4v) is 3.70. The molecule has 0 saturated heterocycles. The molecule has 1 saturated carbocycles. The van der Waals surface area contributed by atoms with Crippen molar-refractivity contribution >= 4 is 24.2 Å². The van der Waals surface area contributed by atoms with E-state index in [2.05, 4.69) is 10.6 Å². The summed E-state index contributed by atoms with van der Waals surface area (Å²) in [5.41, 5.74) is 6.41. The Hall–Kier alpha value is -1.99. The maximum atomic E-state index is 12.5. The average Bonchev–Trinajstić information content (AvgIpc) is 3.14. The van der Waals surface area contributed by atoms with Crippen molar-refractivity contribution in [2.75, 3.05) is 19.8 Å². The number of nitrogens with one attached hydrogen (secondary N) is 2. The largest absolute Gasteiger partial charge is 0.486 e. The zero-order chi connectivity index (χ0) is 19.4. The van der Waals surface area contributed by atoms with Gasteiger partial charge in [-0.25, -0.2) is 0 Å². The zero-order valence-electron chi connectivity index (χ0n) is 16.5. The van der Waals surface area contributed by atoms with Crippen LogP contribution in [-0.2, 0) is 15.1 Å². The van der Waals surface area contributed by atoms with E-state index in [0.29, 0.717) is 13.2 Å². The predicted octanol–water partition coefficient (Wildman–Crippen LogP) is 1.86. The van der Waals surface area contributed by atoms with Crippen molar-refractivity contribution in [2.24, 2.45) is 11.7 Å². The lowest BCUT2D eigenvalue weighted by Gasteiger charge is -2.32. The van der Waals surface area contributed by atoms with Crippen molar-refractivity contribution in [2.45, 2.75) is 51.1 Å². The number of rotatable bonds is 6. The molecule has 8 heteroatoms. The van der Waals surface area contributed by atoms with Gasteiger partial charge in [-0.2, -0.15) is 0 Å². The number of hydrogen-bond acceptors (Lipinski definition) is 5. The van der Waals surface area contributed by atoms with Crippen molar-refractivity contribution in [3.8, 4) is 11.5 Å². The number of carbonyl (C=O) groups excluding carboxylic acids is 2. The van der Waals surface area contributed by atoms with Gasteiger partial charge in [0.05, 0.1) is 18.1 Å². The summed E-state index contributed by atoms with van der Waals surface area (Å²) in [6, 6.07) is 5.25. The number of carbonyl (C=O) groups is 2. The number of benzene rings is 1. The summed E-state index contributed by atoms with van der Waals surface area (Å²) in [7, 11) is 0. The molecule has 7 nitrogen and oxygen atoms in total. The molecule has 0 unspecified atom stereocenters. The fourth-order valence-electron chi connectivity index (χ4n) is 3.70. The lowest BCUT2D eigenvalue weighted by atomic mass is 9.87. The maximum absolute atomic E-state index is 12.5. The van der Waals surface area contributed by atoms with E-state index in [1.807, 2.05) is 32.0 Å². The monoisotopic (exact) mass is 411 g/mol. The number of ether oxygens (including phenoxy) is 2. The normalized spacial score (nSPS) is 18.1. The van der Waals surface area contributed by atoms with Gasteiger partial charge in [0.25, 0.3) is 0 Å². The molecule has 1 atom stereocenters. The van der Waals surface area contributed by atoms with Crippen LogP contribution in [0.4, 0.5) is 0 Å². The highest BCUT2D eigenvalue weighted by Gasteiger charge is 2.38. The third kappa shape index (κ3) is 4.89. The molecule has 1 aromatic rings. The summed E-state index contributed by atoms with van der Waals surface area (Å²) in [6.45, 7) is 4.75. The van der Waals surface area contributed by atoms with E-state index in [1.54, 1.807) is 0 Å². The van der Waals surface area contributed by atoms with Gasteiger partial charge >= 0.3 is 0 Å². The summed E-state index contributed by atoms with van der Waals surface area (Å²) in [5, 5.41) is 5.78. The summed E-state index contributed by atoms with van der Waals surface area (Å²) in [4.78, 5) is 24.5. The topological polar surface area (TPSA) is 103 Å². The van der Waals surface area contributed by atoms with Gasteiger partial charge in [0, 0.05) is 0 Å². The quantitative estimate of drug-likeness (QED) is 0.663. The van der Waals surface area contributed by atoms with E-state index in [9.17, 15) is 9.59 Å². The number of amides is 2. The summed E-state index contributed by atoms with van der Waals surface area (Å²) in [6.07, 6.45) is 3.80. The molecule has 2 aliphatic rings. The van der Waals surface area contributed by atoms with E-state index < -0.39 is 11.6 Å². The minimum absolute atomic E-state index is 0. The third-order valence-electron chi connectivity index (χ3n) is 5.37. The Labute approximate surface area is 172 Å². The second kappa shape index (κ2) is 9.47. The standard InChI is InChI=1S/C20H29N3O4.ClH/c1-13(2)18(21)19(25)22-12-17(24)23-20(7-3-4-8-20)14-5-6-15-16(11-14)27-10-9-26-15;/h5-6,11,13,18H,3-4,7-10,12,21H2,1-2H3,(H,22,25)(H,23,24);1H/t18-;/m0./s1. The van der Waals surface area contributed by atoms with Gasteiger partial charge in [0.15, 0.2) is 11.5 Å². The van der Waals surface area contributed by atoms with E-state index in [0.717, 1.165) is 42.7 Å². The van der Waals surface area contributed by atoms with Crippen LogP contribution in [-0.4, -0.2) is 37.6 Å². The summed E-state index contributed by atoms with van der Waals surface area (Å²) >= 11 is 0. The number of hydrogen-bond donors (Lipinski definition) is 3. The van der Waals surface area contributed by atoms with Crippen LogP contribution >= 0.6 is 12.4 Å². The Balaban J connectivity index is 0.00000280. The molecule has 1 fully saturated rings. The molecule has 0 radical (unpaired) electrons. The second-order valence-electron chi connectivity index (χ2n) is 7.68.